The van der Waals surface area contributed by atoms with Crippen LogP contribution >= 0.6 is 0 Å². The number of allylic oxidation sites excluding steroid dienone is 5. The zero-order chi connectivity index (χ0) is 17.9. The molecule has 0 radical (unpaired) electrons. The van der Waals surface area contributed by atoms with E-state index in [1.807, 2.05) is 18.0 Å². The molecule has 0 aromatic rings. The van der Waals surface area contributed by atoms with Crippen molar-refractivity contribution < 1.29 is 4.79 Å². The molecule has 1 aliphatic heterocycles. The standard InChI is InChI=1S/C20H33N3O/c1-6-8-10-19-17(4)22-13-11-18(19)12-14-23(16(3)9-7-2)20(24)15-21-5/h6,8,10-11,16,21-22H,1,7,9,12-15H2,2-5H3/b10-8-. The highest BCUT2D eigenvalue weighted by Gasteiger charge is 2.20. The number of nitrogens with zero attached hydrogens (tertiary/aromatic N) is 1. The molecule has 24 heavy (non-hydrogen) atoms. The highest BCUT2D eigenvalue weighted by molar-refractivity contribution is 5.78. The van der Waals surface area contributed by atoms with E-state index in [1.54, 1.807) is 6.08 Å². The summed E-state index contributed by atoms with van der Waals surface area (Å²) in [6.07, 6.45) is 11.1. The smallest absolute Gasteiger partial charge is 0.236 e. The Morgan fingerprint density at radius 3 is 2.92 bits per heavy atom. The Morgan fingerprint density at radius 1 is 1.54 bits per heavy atom. The van der Waals surface area contributed by atoms with Gasteiger partial charge in [0.15, 0.2) is 0 Å². The molecule has 1 unspecified atom stereocenters. The van der Waals surface area contributed by atoms with E-state index in [4.69, 9.17) is 0 Å². The van der Waals surface area contributed by atoms with Crippen molar-refractivity contribution in [2.75, 3.05) is 26.7 Å². The first-order valence-electron chi connectivity index (χ1n) is 8.92. The fourth-order valence-corrected chi connectivity index (χ4v) is 3.06. The maximum absolute atomic E-state index is 12.4. The van der Waals surface area contributed by atoms with Crippen LogP contribution in [0.15, 0.2) is 47.7 Å². The summed E-state index contributed by atoms with van der Waals surface area (Å²) in [4.78, 5) is 14.5. The summed E-state index contributed by atoms with van der Waals surface area (Å²) in [5.41, 5.74) is 3.70. The Balaban J connectivity index is 2.84. The van der Waals surface area contributed by atoms with E-state index in [9.17, 15) is 4.79 Å². The molecule has 0 aromatic heterocycles. The third-order valence-corrected chi connectivity index (χ3v) is 4.37. The summed E-state index contributed by atoms with van der Waals surface area (Å²) in [5.74, 6) is 0.178. The minimum absolute atomic E-state index is 0.178. The van der Waals surface area contributed by atoms with Crippen molar-refractivity contribution >= 4 is 5.91 Å². The van der Waals surface area contributed by atoms with E-state index in [1.165, 1.54) is 16.8 Å². The predicted molar refractivity (Wildman–Crippen MR) is 103 cm³/mol. The molecule has 1 atom stereocenters. The van der Waals surface area contributed by atoms with Crippen LogP contribution in [0.1, 0.15) is 40.0 Å². The van der Waals surface area contributed by atoms with Crippen molar-refractivity contribution in [1.82, 2.24) is 15.5 Å². The Hall–Kier alpha value is -1.81. The first-order valence-corrected chi connectivity index (χ1v) is 8.92. The van der Waals surface area contributed by atoms with Crippen molar-refractivity contribution in [3.05, 3.63) is 47.7 Å². The van der Waals surface area contributed by atoms with Gasteiger partial charge in [0.25, 0.3) is 0 Å². The fourth-order valence-electron chi connectivity index (χ4n) is 3.06. The van der Waals surface area contributed by atoms with Crippen molar-refractivity contribution in [2.45, 2.75) is 46.1 Å². The largest absolute Gasteiger partial charge is 0.385 e. The first-order chi connectivity index (χ1) is 11.5. The summed E-state index contributed by atoms with van der Waals surface area (Å²) in [7, 11) is 1.82. The number of rotatable bonds is 10. The number of carbonyl (C=O) groups excluding carboxylic acids is 1. The SMILES string of the molecule is C=C/C=C\C1=C(C)NCC=C1CCN(C(=O)CNC)C(C)CCC. The van der Waals surface area contributed by atoms with E-state index >= 15 is 0 Å². The van der Waals surface area contributed by atoms with E-state index in [2.05, 4.69) is 50.1 Å². The number of carbonyl (C=O) groups is 1. The molecule has 0 spiro atoms. The molecule has 0 aliphatic carbocycles. The van der Waals surface area contributed by atoms with Gasteiger partial charge in [-0.2, -0.15) is 0 Å². The molecule has 0 saturated heterocycles. The first kappa shape index (κ1) is 20.2. The molecule has 0 bridgehead atoms. The number of hydrogen-bond acceptors (Lipinski definition) is 3. The van der Waals surface area contributed by atoms with Crippen molar-refractivity contribution in [3.8, 4) is 0 Å². The maximum Gasteiger partial charge on any atom is 0.236 e. The van der Waals surface area contributed by atoms with Gasteiger partial charge in [0.05, 0.1) is 6.54 Å². The lowest BCUT2D eigenvalue weighted by molar-refractivity contribution is -0.132. The third kappa shape index (κ3) is 6.00. The second-order valence-corrected chi connectivity index (χ2v) is 6.25. The molecular formula is C20H33N3O. The minimum atomic E-state index is 0.178. The van der Waals surface area contributed by atoms with Crippen LogP contribution in [0.4, 0.5) is 0 Å². The zero-order valence-corrected chi connectivity index (χ0v) is 15.7. The van der Waals surface area contributed by atoms with Gasteiger partial charge >= 0.3 is 0 Å². The van der Waals surface area contributed by atoms with Crippen molar-refractivity contribution in [1.29, 1.82) is 0 Å². The lowest BCUT2D eigenvalue weighted by Gasteiger charge is -2.30. The molecule has 2 N–H and O–H groups in total. The number of amides is 1. The second kappa shape index (κ2) is 10.9. The number of nitrogens with one attached hydrogen (secondary N) is 2. The number of hydrogen-bond donors (Lipinski definition) is 2. The van der Waals surface area contributed by atoms with E-state index in [0.717, 1.165) is 32.4 Å². The van der Waals surface area contributed by atoms with Gasteiger partial charge in [0.2, 0.25) is 5.91 Å². The fraction of sp³-hybridized carbons (Fsp3) is 0.550. The Bertz CT molecular complexity index is 517. The molecule has 0 aromatic carbocycles. The predicted octanol–water partition coefficient (Wildman–Crippen LogP) is 3.16. The molecule has 4 nitrogen and oxygen atoms in total. The lowest BCUT2D eigenvalue weighted by Crippen LogP contribution is -2.43. The van der Waals surface area contributed by atoms with Gasteiger partial charge in [0, 0.05) is 24.8 Å². The topological polar surface area (TPSA) is 44.4 Å². The average Bonchev–Trinajstić information content (AvgIpc) is 2.55. The van der Waals surface area contributed by atoms with Crippen LogP contribution < -0.4 is 10.6 Å². The van der Waals surface area contributed by atoms with Gasteiger partial charge in [-0.3, -0.25) is 4.79 Å². The normalized spacial score (nSPS) is 15.9. The van der Waals surface area contributed by atoms with Crippen LogP contribution in [0.2, 0.25) is 0 Å². The summed E-state index contributed by atoms with van der Waals surface area (Å²) in [5, 5.41) is 6.35. The van der Waals surface area contributed by atoms with Gasteiger partial charge in [-0.15, -0.1) is 0 Å². The average molecular weight is 332 g/mol. The Labute approximate surface area is 147 Å². The Kier molecular flexibility index (Phi) is 9.16. The maximum atomic E-state index is 12.4. The van der Waals surface area contributed by atoms with Gasteiger partial charge in [-0.05, 0) is 44.9 Å². The van der Waals surface area contributed by atoms with Gasteiger partial charge in [-0.25, -0.2) is 0 Å². The van der Waals surface area contributed by atoms with Gasteiger partial charge in [-0.1, -0.05) is 44.2 Å². The molecule has 1 amide bonds. The van der Waals surface area contributed by atoms with E-state index < -0.39 is 0 Å². The highest BCUT2D eigenvalue weighted by Crippen LogP contribution is 2.23. The van der Waals surface area contributed by atoms with E-state index in [-0.39, 0.29) is 11.9 Å². The quantitative estimate of drug-likeness (QED) is 0.604. The van der Waals surface area contributed by atoms with Crippen LogP contribution in [0.3, 0.4) is 0 Å². The van der Waals surface area contributed by atoms with Crippen LogP contribution in [0, 0.1) is 0 Å². The van der Waals surface area contributed by atoms with Crippen LogP contribution in [0.25, 0.3) is 0 Å². The second-order valence-electron chi connectivity index (χ2n) is 6.25. The molecule has 134 valence electrons. The summed E-state index contributed by atoms with van der Waals surface area (Å²) >= 11 is 0. The minimum Gasteiger partial charge on any atom is -0.385 e. The van der Waals surface area contributed by atoms with Crippen molar-refractivity contribution in [3.63, 3.8) is 0 Å². The number of likely N-dealkylation sites (N-methyl/N-ethyl adjacent to an activating group) is 1. The summed E-state index contributed by atoms with van der Waals surface area (Å²) in [6.45, 7) is 12.2. The molecule has 1 rings (SSSR count). The lowest BCUT2D eigenvalue weighted by atomic mass is 9.96. The monoisotopic (exact) mass is 331 g/mol. The Morgan fingerprint density at radius 2 is 2.29 bits per heavy atom. The molecule has 1 heterocycles. The van der Waals surface area contributed by atoms with Crippen molar-refractivity contribution in [2.24, 2.45) is 0 Å². The van der Waals surface area contributed by atoms with Gasteiger partial charge in [0.1, 0.15) is 0 Å². The molecule has 4 heteroatoms. The highest BCUT2D eigenvalue weighted by atomic mass is 16.2. The van der Waals surface area contributed by atoms with Crippen LogP contribution in [-0.2, 0) is 4.79 Å². The number of dihydropyridines is 1. The molecule has 0 saturated carbocycles. The van der Waals surface area contributed by atoms with Crippen LogP contribution in [0.5, 0.6) is 0 Å². The summed E-state index contributed by atoms with van der Waals surface area (Å²) in [6, 6.07) is 0.274. The molecular weight excluding hydrogens is 298 g/mol. The van der Waals surface area contributed by atoms with Crippen LogP contribution in [-0.4, -0.2) is 43.5 Å². The van der Waals surface area contributed by atoms with Gasteiger partial charge < -0.3 is 15.5 Å². The zero-order valence-electron chi connectivity index (χ0n) is 15.7. The van der Waals surface area contributed by atoms with E-state index in [0.29, 0.717) is 6.54 Å². The molecule has 1 aliphatic rings. The molecule has 0 fully saturated rings. The summed E-state index contributed by atoms with van der Waals surface area (Å²) < 4.78 is 0. The third-order valence-electron chi connectivity index (χ3n) is 4.37.